The highest BCUT2D eigenvalue weighted by Gasteiger charge is 2.37. The smallest absolute Gasteiger partial charge is 0.338 e. The Morgan fingerprint density at radius 1 is 1.10 bits per heavy atom. The first-order valence-electron chi connectivity index (χ1n) is 12.8. The number of nitrogens with zero attached hydrogens (tertiary/aromatic N) is 2. The zero-order valence-electron chi connectivity index (χ0n) is 21.5. The van der Waals surface area contributed by atoms with E-state index >= 15 is 0 Å². The number of fused-ring (bicyclic) bond motifs is 3. The average Bonchev–Trinajstić information content (AvgIpc) is 3.66. The zero-order chi connectivity index (χ0) is 28.2. The van der Waals surface area contributed by atoms with Gasteiger partial charge in [0.15, 0.2) is 16.3 Å². The highest BCUT2D eigenvalue weighted by Crippen LogP contribution is 2.40. The molecule has 7 rings (SSSR count). The first-order chi connectivity index (χ1) is 19.9. The maximum atomic E-state index is 14.3. The minimum Gasteiger partial charge on any atom is -0.463 e. The third kappa shape index (κ3) is 4.06. The number of carbonyl (C=O) groups excluding carboxylic acids is 2. The number of carbonyl (C=O) groups is 2. The summed E-state index contributed by atoms with van der Waals surface area (Å²) in [6.45, 7) is 1.91. The first kappa shape index (κ1) is 25.3. The molecule has 1 atom stereocenters. The van der Waals surface area contributed by atoms with Gasteiger partial charge in [0.05, 0.1) is 29.5 Å². The van der Waals surface area contributed by atoms with Crippen LogP contribution in [0.5, 0.6) is 11.5 Å². The molecule has 0 aliphatic carbocycles. The Kier molecular flexibility index (Phi) is 6.02. The first-order valence-corrected chi connectivity index (χ1v) is 14.0. The lowest BCUT2D eigenvalue weighted by Gasteiger charge is -2.26. The van der Waals surface area contributed by atoms with Crippen molar-refractivity contribution >= 4 is 51.8 Å². The van der Waals surface area contributed by atoms with E-state index in [0.717, 1.165) is 11.3 Å². The molecular formula is C30H20ClN3O6S. The molecule has 0 radical (unpaired) electrons. The van der Waals surface area contributed by atoms with Crippen molar-refractivity contribution in [1.29, 1.82) is 0 Å². The molecule has 1 aromatic heterocycles. The number of halogens is 1. The third-order valence-electron chi connectivity index (χ3n) is 7.01. The lowest BCUT2D eigenvalue weighted by atomic mass is 9.93. The van der Waals surface area contributed by atoms with Crippen LogP contribution in [-0.2, 0) is 14.3 Å². The van der Waals surface area contributed by atoms with E-state index in [1.165, 1.54) is 4.57 Å². The van der Waals surface area contributed by atoms with Gasteiger partial charge < -0.3 is 19.5 Å². The number of esters is 1. The molecule has 1 N–H and O–H groups in total. The molecule has 0 unspecified atom stereocenters. The van der Waals surface area contributed by atoms with E-state index in [1.54, 1.807) is 43.3 Å². The number of benzene rings is 3. The van der Waals surface area contributed by atoms with Gasteiger partial charge in [0.2, 0.25) is 6.79 Å². The number of amides is 1. The molecule has 1 amide bonds. The maximum Gasteiger partial charge on any atom is 0.338 e. The Balaban J connectivity index is 1.57. The average molecular weight is 586 g/mol. The quantitative estimate of drug-likeness (QED) is 0.367. The van der Waals surface area contributed by atoms with E-state index in [0.29, 0.717) is 49.4 Å². The minimum atomic E-state index is -0.923. The van der Waals surface area contributed by atoms with Gasteiger partial charge in [-0.1, -0.05) is 59.3 Å². The number of ether oxygens (including phenoxy) is 3. The molecule has 3 aromatic carbocycles. The lowest BCUT2D eigenvalue weighted by Crippen LogP contribution is -2.40. The van der Waals surface area contributed by atoms with Crippen LogP contribution in [0.25, 0.3) is 11.3 Å². The van der Waals surface area contributed by atoms with Crippen LogP contribution in [0.15, 0.2) is 82.1 Å². The Labute approximate surface area is 241 Å². The summed E-state index contributed by atoms with van der Waals surface area (Å²) in [4.78, 5) is 46.2. The minimum absolute atomic E-state index is 0.0673. The van der Waals surface area contributed by atoms with Crippen molar-refractivity contribution < 1.29 is 23.8 Å². The Bertz CT molecular complexity index is 2000. The molecule has 9 nitrogen and oxygen atoms in total. The molecule has 0 bridgehead atoms. The van der Waals surface area contributed by atoms with Crippen molar-refractivity contribution in [3.8, 4) is 11.5 Å². The summed E-state index contributed by atoms with van der Waals surface area (Å²) in [5.41, 5.74) is 2.67. The second kappa shape index (κ2) is 9.76. The number of hydrogen-bond donors (Lipinski definition) is 1. The molecule has 0 fully saturated rings. The largest absolute Gasteiger partial charge is 0.463 e. The zero-order valence-corrected chi connectivity index (χ0v) is 23.0. The number of nitrogens with one attached hydrogen (secondary N) is 1. The summed E-state index contributed by atoms with van der Waals surface area (Å²) < 4.78 is 18.3. The Morgan fingerprint density at radius 3 is 2.71 bits per heavy atom. The lowest BCUT2D eigenvalue weighted by molar-refractivity contribution is -0.138. The van der Waals surface area contributed by atoms with Gasteiger partial charge in [-0.25, -0.2) is 9.79 Å². The third-order valence-corrected chi connectivity index (χ3v) is 8.30. The summed E-state index contributed by atoms with van der Waals surface area (Å²) in [5.74, 6) is 0.0311. The highest BCUT2D eigenvalue weighted by molar-refractivity contribution is 7.07. The summed E-state index contributed by atoms with van der Waals surface area (Å²) in [6.07, 6.45) is 0. The predicted molar refractivity (Wildman–Crippen MR) is 153 cm³/mol. The van der Waals surface area contributed by atoms with E-state index < -0.39 is 23.5 Å². The molecule has 0 saturated carbocycles. The van der Waals surface area contributed by atoms with Crippen molar-refractivity contribution in [3.05, 3.63) is 114 Å². The van der Waals surface area contributed by atoms with Gasteiger partial charge in [0.25, 0.3) is 11.5 Å². The van der Waals surface area contributed by atoms with Gasteiger partial charge in [-0.2, -0.15) is 0 Å². The van der Waals surface area contributed by atoms with Crippen LogP contribution in [0.1, 0.15) is 29.7 Å². The molecule has 41 heavy (non-hydrogen) atoms. The Morgan fingerprint density at radius 2 is 1.90 bits per heavy atom. The summed E-state index contributed by atoms with van der Waals surface area (Å²) in [7, 11) is 0. The number of thiazole rings is 1. The van der Waals surface area contributed by atoms with Crippen molar-refractivity contribution in [3.63, 3.8) is 0 Å². The predicted octanol–water partition coefficient (Wildman–Crippen LogP) is 3.64. The summed E-state index contributed by atoms with van der Waals surface area (Å²) in [5, 5.41) is 3.24. The Hall–Kier alpha value is -4.67. The summed E-state index contributed by atoms with van der Waals surface area (Å²) >= 11 is 7.34. The molecule has 3 aliphatic heterocycles. The van der Waals surface area contributed by atoms with E-state index in [9.17, 15) is 14.4 Å². The van der Waals surface area contributed by atoms with Crippen molar-refractivity contribution in [2.24, 2.45) is 4.99 Å². The molecule has 4 heterocycles. The van der Waals surface area contributed by atoms with E-state index in [-0.39, 0.29) is 29.1 Å². The summed E-state index contributed by atoms with van der Waals surface area (Å²) in [6, 6.07) is 18.6. The fourth-order valence-corrected chi connectivity index (χ4v) is 6.52. The van der Waals surface area contributed by atoms with Crippen LogP contribution in [0.3, 0.4) is 0 Å². The second-order valence-corrected chi connectivity index (χ2v) is 10.8. The molecule has 11 heteroatoms. The molecule has 204 valence electrons. The molecule has 3 aliphatic rings. The highest BCUT2D eigenvalue weighted by atomic mass is 35.5. The van der Waals surface area contributed by atoms with Crippen molar-refractivity contribution in [2.45, 2.75) is 13.0 Å². The van der Waals surface area contributed by atoms with Crippen LogP contribution < -0.4 is 29.7 Å². The van der Waals surface area contributed by atoms with Gasteiger partial charge in [-0.3, -0.25) is 14.2 Å². The van der Waals surface area contributed by atoms with Crippen LogP contribution >= 0.6 is 22.9 Å². The van der Waals surface area contributed by atoms with E-state index in [2.05, 4.69) is 5.32 Å². The number of aromatic nitrogens is 1. The van der Waals surface area contributed by atoms with Crippen molar-refractivity contribution in [1.82, 2.24) is 4.57 Å². The SMILES string of the molecule is CCOC(=O)C1=C(c2ccccc2)N=c2s/c(=C3\C(=O)Nc4ccc(Cl)cc43)c(=O)n2[C@@H]1c1ccc2c(c1)OCO2. The van der Waals surface area contributed by atoms with E-state index in [4.69, 9.17) is 30.8 Å². The second-order valence-electron chi connectivity index (χ2n) is 9.38. The normalized spacial score (nSPS) is 18.0. The molecular weight excluding hydrogens is 566 g/mol. The van der Waals surface area contributed by atoms with Gasteiger partial charge in [0, 0.05) is 21.8 Å². The van der Waals surface area contributed by atoms with Crippen LogP contribution in [-0.4, -0.2) is 29.8 Å². The van der Waals surface area contributed by atoms with E-state index in [1.807, 2.05) is 30.3 Å². The van der Waals surface area contributed by atoms with Crippen LogP contribution in [0.2, 0.25) is 5.02 Å². The molecule has 0 saturated heterocycles. The molecule has 4 aromatic rings. The van der Waals surface area contributed by atoms with Gasteiger partial charge in [-0.05, 0) is 42.8 Å². The van der Waals surface area contributed by atoms with Gasteiger partial charge in [-0.15, -0.1) is 0 Å². The van der Waals surface area contributed by atoms with Crippen LogP contribution in [0, 0.1) is 0 Å². The van der Waals surface area contributed by atoms with Gasteiger partial charge in [0.1, 0.15) is 4.53 Å². The molecule has 0 spiro atoms. The van der Waals surface area contributed by atoms with Gasteiger partial charge >= 0.3 is 5.97 Å². The number of rotatable bonds is 4. The maximum absolute atomic E-state index is 14.3. The fourth-order valence-electron chi connectivity index (χ4n) is 5.25. The standard InChI is InChI=1S/C30H20ClN3O6S/c1-2-38-29(37)23-24(15-6-4-3-5-7-15)33-30-34(25(23)16-8-11-20-21(12-16)40-14-39-20)28(36)26(41-30)22-18-13-17(31)9-10-19(18)32-27(22)35/h3-13,25H,2,14H2,1H3,(H,32,35)/b26-22-/t25-/m1/s1. The fraction of sp³-hybridized carbons (Fsp3) is 0.133. The van der Waals surface area contributed by atoms with Crippen molar-refractivity contribution in [2.75, 3.05) is 18.7 Å². The number of anilines is 1. The van der Waals surface area contributed by atoms with Crippen LogP contribution in [0.4, 0.5) is 5.69 Å². The number of hydrogen-bond acceptors (Lipinski definition) is 8. The topological polar surface area (TPSA) is 108 Å². The monoisotopic (exact) mass is 585 g/mol.